The van der Waals surface area contributed by atoms with Crippen molar-refractivity contribution in [3.8, 4) is 0 Å². The molecule has 2 unspecified atom stereocenters. The molecule has 0 saturated heterocycles. The van der Waals surface area contributed by atoms with E-state index in [0.717, 1.165) is 19.4 Å². The number of hydrogen-bond donors (Lipinski definition) is 1. The molecule has 0 aliphatic rings. The van der Waals surface area contributed by atoms with E-state index in [4.69, 9.17) is 4.74 Å². The van der Waals surface area contributed by atoms with Crippen molar-refractivity contribution >= 4 is 0 Å². The van der Waals surface area contributed by atoms with Crippen LogP contribution < -0.4 is 0 Å². The molecule has 0 aromatic carbocycles. The predicted octanol–water partition coefficient (Wildman–Crippen LogP) is 7.42. The second-order valence-electron chi connectivity index (χ2n) is 7.89. The monoisotopic (exact) mass is 356 g/mol. The summed E-state index contributed by atoms with van der Waals surface area (Å²) in [4.78, 5) is 0. The van der Waals surface area contributed by atoms with Crippen LogP contribution >= 0.6 is 0 Å². The molecule has 0 fully saturated rings. The second kappa shape index (κ2) is 20.2. The molecule has 0 aromatic heterocycles. The van der Waals surface area contributed by atoms with E-state index >= 15 is 0 Å². The van der Waals surface area contributed by atoms with Gasteiger partial charge in [0.15, 0.2) is 0 Å². The zero-order valence-corrected chi connectivity index (χ0v) is 17.7. The van der Waals surface area contributed by atoms with Crippen molar-refractivity contribution in [2.75, 3.05) is 6.61 Å². The Kier molecular flexibility index (Phi) is 20.2. The van der Waals surface area contributed by atoms with Crippen LogP contribution in [0.5, 0.6) is 0 Å². The molecule has 0 bridgehead atoms. The first-order chi connectivity index (χ1) is 12.2. The maximum Gasteiger partial charge on any atom is 0.0831 e. The van der Waals surface area contributed by atoms with E-state index in [2.05, 4.69) is 13.8 Å². The first-order valence-corrected chi connectivity index (χ1v) is 11.5. The SMILES string of the molecule is CCCCCCCCCCCCCOC(CCCCCCC)C(C)O. The van der Waals surface area contributed by atoms with Crippen LogP contribution in [0, 0.1) is 0 Å². The molecule has 2 atom stereocenters. The summed E-state index contributed by atoms with van der Waals surface area (Å²) in [5.41, 5.74) is 0. The van der Waals surface area contributed by atoms with Crippen molar-refractivity contribution in [3.63, 3.8) is 0 Å². The van der Waals surface area contributed by atoms with Crippen LogP contribution in [0.2, 0.25) is 0 Å². The summed E-state index contributed by atoms with van der Waals surface area (Å²) in [5, 5.41) is 9.87. The fourth-order valence-electron chi connectivity index (χ4n) is 3.41. The third kappa shape index (κ3) is 18.5. The number of aliphatic hydroxyl groups excluding tert-OH is 1. The Morgan fingerprint density at radius 1 is 0.600 bits per heavy atom. The standard InChI is InChI=1S/C23H48O2/c1-4-6-8-10-11-12-13-14-15-17-19-21-25-23(22(3)24)20-18-16-9-7-5-2/h22-24H,4-21H2,1-3H3. The van der Waals surface area contributed by atoms with Gasteiger partial charge in [0, 0.05) is 6.61 Å². The van der Waals surface area contributed by atoms with Crippen molar-refractivity contribution < 1.29 is 9.84 Å². The van der Waals surface area contributed by atoms with Crippen LogP contribution in [-0.4, -0.2) is 23.9 Å². The number of hydrogen-bond acceptors (Lipinski definition) is 2. The van der Waals surface area contributed by atoms with Gasteiger partial charge in [-0.1, -0.05) is 110 Å². The lowest BCUT2D eigenvalue weighted by Gasteiger charge is -2.20. The van der Waals surface area contributed by atoms with E-state index in [1.54, 1.807) is 0 Å². The largest absolute Gasteiger partial charge is 0.391 e. The topological polar surface area (TPSA) is 29.5 Å². The van der Waals surface area contributed by atoms with Crippen molar-refractivity contribution in [3.05, 3.63) is 0 Å². The van der Waals surface area contributed by atoms with Gasteiger partial charge in [-0.15, -0.1) is 0 Å². The molecule has 1 N–H and O–H groups in total. The molecule has 152 valence electrons. The molecule has 2 heteroatoms. The second-order valence-corrected chi connectivity index (χ2v) is 7.89. The Bertz CT molecular complexity index is 240. The summed E-state index contributed by atoms with van der Waals surface area (Å²) in [7, 11) is 0. The quantitative estimate of drug-likeness (QED) is 0.230. The first-order valence-electron chi connectivity index (χ1n) is 11.5. The van der Waals surface area contributed by atoms with Crippen LogP contribution in [0.1, 0.15) is 130 Å². The Labute approximate surface area is 159 Å². The molecule has 0 aromatic rings. The fraction of sp³-hybridized carbons (Fsp3) is 1.00. The molecular weight excluding hydrogens is 308 g/mol. The third-order valence-electron chi connectivity index (χ3n) is 5.21. The smallest absolute Gasteiger partial charge is 0.0831 e. The van der Waals surface area contributed by atoms with Gasteiger partial charge >= 0.3 is 0 Å². The average Bonchev–Trinajstić information content (AvgIpc) is 2.60. The van der Waals surface area contributed by atoms with Gasteiger partial charge in [0.25, 0.3) is 0 Å². The Morgan fingerprint density at radius 3 is 1.44 bits per heavy atom. The predicted molar refractivity (Wildman–Crippen MR) is 111 cm³/mol. The molecule has 0 saturated carbocycles. The Balaban J connectivity index is 3.38. The highest BCUT2D eigenvalue weighted by molar-refractivity contribution is 4.65. The van der Waals surface area contributed by atoms with E-state index < -0.39 is 0 Å². The minimum absolute atomic E-state index is 0.0461. The van der Waals surface area contributed by atoms with Gasteiger partial charge < -0.3 is 9.84 Å². The van der Waals surface area contributed by atoms with Crippen molar-refractivity contribution in [2.45, 2.75) is 142 Å². The lowest BCUT2D eigenvalue weighted by molar-refractivity contribution is -0.0358. The fourth-order valence-corrected chi connectivity index (χ4v) is 3.41. The van der Waals surface area contributed by atoms with Gasteiger partial charge in [0.1, 0.15) is 0 Å². The number of aliphatic hydroxyl groups is 1. The summed E-state index contributed by atoms with van der Waals surface area (Å²) in [6, 6.07) is 0. The summed E-state index contributed by atoms with van der Waals surface area (Å²) in [5.74, 6) is 0. The van der Waals surface area contributed by atoms with Crippen LogP contribution in [0.15, 0.2) is 0 Å². The third-order valence-corrected chi connectivity index (χ3v) is 5.21. The normalized spacial score (nSPS) is 13.9. The van der Waals surface area contributed by atoms with Gasteiger partial charge in [0.05, 0.1) is 12.2 Å². The molecule has 0 amide bonds. The molecule has 0 heterocycles. The van der Waals surface area contributed by atoms with E-state index in [9.17, 15) is 5.11 Å². The van der Waals surface area contributed by atoms with Crippen molar-refractivity contribution in [1.29, 1.82) is 0 Å². The number of ether oxygens (including phenoxy) is 1. The van der Waals surface area contributed by atoms with Gasteiger partial charge in [-0.05, 0) is 19.8 Å². The van der Waals surface area contributed by atoms with Crippen LogP contribution in [0.25, 0.3) is 0 Å². The van der Waals surface area contributed by atoms with Crippen LogP contribution in [-0.2, 0) is 4.74 Å². The summed E-state index contributed by atoms with van der Waals surface area (Å²) in [6.07, 6.45) is 22.1. The summed E-state index contributed by atoms with van der Waals surface area (Å²) >= 11 is 0. The molecule has 0 spiro atoms. The van der Waals surface area contributed by atoms with E-state index in [1.807, 2.05) is 6.92 Å². The van der Waals surface area contributed by atoms with Gasteiger partial charge in [-0.25, -0.2) is 0 Å². The molecular formula is C23H48O2. The first kappa shape index (κ1) is 24.9. The lowest BCUT2D eigenvalue weighted by Crippen LogP contribution is -2.26. The highest BCUT2D eigenvalue weighted by atomic mass is 16.5. The van der Waals surface area contributed by atoms with Crippen LogP contribution in [0.4, 0.5) is 0 Å². The van der Waals surface area contributed by atoms with Crippen molar-refractivity contribution in [2.24, 2.45) is 0 Å². The minimum Gasteiger partial charge on any atom is -0.391 e. The van der Waals surface area contributed by atoms with E-state index in [1.165, 1.54) is 96.3 Å². The van der Waals surface area contributed by atoms with Gasteiger partial charge in [0.2, 0.25) is 0 Å². The zero-order chi connectivity index (χ0) is 18.6. The number of unbranched alkanes of at least 4 members (excludes halogenated alkanes) is 14. The maximum absolute atomic E-state index is 9.87. The number of rotatable bonds is 20. The molecule has 0 radical (unpaired) electrons. The average molecular weight is 357 g/mol. The Morgan fingerprint density at radius 2 is 1.00 bits per heavy atom. The van der Waals surface area contributed by atoms with E-state index in [-0.39, 0.29) is 12.2 Å². The summed E-state index contributed by atoms with van der Waals surface area (Å²) < 4.78 is 5.94. The lowest BCUT2D eigenvalue weighted by atomic mass is 10.0. The molecule has 2 nitrogen and oxygen atoms in total. The highest BCUT2D eigenvalue weighted by Gasteiger charge is 2.14. The summed E-state index contributed by atoms with van der Waals surface area (Å²) in [6.45, 7) is 7.22. The molecule has 25 heavy (non-hydrogen) atoms. The molecule has 0 rings (SSSR count). The molecule has 0 aliphatic heterocycles. The van der Waals surface area contributed by atoms with Gasteiger partial charge in [-0.2, -0.15) is 0 Å². The van der Waals surface area contributed by atoms with Gasteiger partial charge in [-0.3, -0.25) is 0 Å². The van der Waals surface area contributed by atoms with E-state index in [0.29, 0.717) is 0 Å². The zero-order valence-electron chi connectivity index (χ0n) is 17.7. The van der Waals surface area contributed by atoms with Crippen LogP contribution in [0.3, 0.4) is 0 Å². The van der Waals surface area contributed by atoms with Crippen molar-refractivity contribution in [1.82, 2.24) is 0 Å². The Hall–Kier alpha value is -0.0800. The highest BCUT2D eigenvalue weighted by Crippen LogP contribution is 2.14. The maximum atomic E-state index is 9.87. The molecule has 0 aliphatic carbocycles. The minimum atomic E-state index is -0.334.